The van der Waals surface area contributed by atoms with Crippen molar-refractivity contribution in [2.24, 2.45) is 10.9 Å². The number of hydrogen-bond donors (Lipinski definition) is 1. The van der Waals surface area contributed by atoms with E-state index in [4.69, 9.17) is 38.5 Å². The molecule has 0 aliphatic rings. The summed E-state index contributed by atoms with van der Waals surface area (Å²) in [6.45, 7) is 1.60. The first-order valence-electron chi connectivity index (χ1n) is 6.47. The fourth-order valence-corrected chi connectivity index (χ4v) is 2.08. The summed E-state index contributed by atoms with van der Waals surface area (Å²) in [5.74, 6) is -0.217. The van der Waals surface area contributed by atoms with E-state index in [0.717, 1.165) is 0 Å². The number of amidine groups is 1. The van der Waals surface area contributed by atoms with Crippen LogP contribution in [0.15, 0.2) is 29.6 Å². The maximum atomic E-state index is 11.8. The van der Waals surface area contributed by atoms with Gasteiger partial charge in [0.1, 0.15) is 12.3 Å². The van der Waals surface area contributed by atoms with E-state index in [0.29, 0.717) is 27.1 Å². The van der Waals surface area contributed by atoms with Crippen LogP contribution in [0, 0.1) is 6.92 Å². The van der Waals surface area contributed by atoms with Crippen molar-refractivity contribution in [3.05, 3.63) is 45.7 Å². The van der Waals surface area contributed by atoms with Crippen molar-refractivity contribution in [2.75, 3.05) is 7.11 Å². The summed E-state index contributed by atoms with van der Waals surface area (Å²) < 4.78 is 6.55. The number of oxime groups is 1. The molecule has 1 aromatic carbocycles. The highest BCUT2D eigenvalue weighted by Gasteiger charge is 2.12. The van der Waals surface area contributed by atoms with Crippen molar-refractivity contribution in [3.8, 4) is 5.75 Å². The lowest BCUT2D eigenvalue weighted by atomic mass is 10.2. The molecule has 1 aromatic heterocycles. The second-order valence-electron chi connectivity index (χ2n) is 4.52. The quantitative estimate of drug-likeness (QED) is 0.384. The van der Waals surface area contributed by atoms with E-state index in [1.54, 1.807) is 25.1 Å². The monoisotopic (exact) mass is 356 g/mol. The van der Waals surface area contributed by atoms with E-state index in [9.17, 15) is 4.79 Å². The first kappa shape index (κ1) is 17.1. The Morgan fingerprint density at radius 1 is 1.43 bits per heavy atom. The highest BCUT2D eigenvalue weighted by atomic mass is 35.5. The maximum absolute atomic E-state index is 11.8. The summed E-state index contributed by atoms with van der Waals surface area (Å²) in [4.78, 5) is 16.6. The molecule has 0 radical (unpaired) electrons. The molecule has 0 amide bonds. The minimum atomic E-state index is -0.642. The average Bonchev–Trinajstić information content (AvgIpc) is 2.84. The van der Waals surface area contributed by atoms with Crippen LogP contribution < -0.4 is 10.5 Å². The minimum Gasteiger partial charge on any atom is -0.496 e. The molecule has 9 heteroatoms. The summed E-state index contributed by atoms with van der Waals surface area (Å²) in [6, 6.07) is 4.84. The number of rotatable bonds is 5. The third-order valence-electron chi connectivity index (χ3n) is 3.01. The van der Waals surface area contributed by atoms with Gasteiger partial charge in [0, 0.05) is 5.02 Å². The van der Waals surface area contributed by atoms with Gasteiger partial charge in [0.2, 0.25) is 0 Å². The van der Waals surface area contributed by atoms with Gasteiger partial charge in [-0.1, -0.05) is 28.4 Å². The predicted molar refractivity (Wildman–Crippen MR) is 86.8 cm³/mol. The lowest BCUT2D eigenvalue weighted by Gasteiger charge is -2.08. The van der Waals surface area contributed by atoms with E-state index in [2.05, 4.69) is 10.3 Å². The molecule has 0 saturated heterocycles. The van der Waals surface area contributed by atoms with E-state index in [-0.39, 0.29) is 12.4 Å². The molecule has 2 rings (SSSR count). The smallest absolute Gasteiger partial charge is 0.356 e. The minimum absolute atomic E-state index is 0.0343. The van der Waals surface area contributed by atoms with Crippen molar-refractivity contribution < 1.29 is 14.4 Å². The molecule has 2 N–H and O–H groups in total. The number of methoxy groups -OCH3 is 1. The van der Waals surface area contributed by atoms with Crippen molar-refractivity contribution in [1.82, 2.24) is 9.78 Å². The van der Waals surface area contributed by atoms with Crippen molar-refractivity contribution in [2.45, 2.75) is 13.5 Å². The number of benzene rings is 1. The SMILES string of the molecule is COc1ccc(Cl)cc1/C(N)=N/OC(=O)Cn1ncc(Cl)c1C. The Hall–Kier alpha value is -2.25. The number of hydrogen-bond acceptors (Lipinski definition) is 5. The molecule has 2 aromatic rings. The summed E-state index contributed by atoms with van der Waals surface area (Å²) >= 11 is 11.8. The van der Waals surface area contributed by atoms with Gasteiger partial charge in [-0.15, -0.1) is 0 Å². The van der Waals surface area contributed by atoms with Crippen molar-refractivity contribution >= 4 is 35.0 Å². The number of carbonyl (C=O) groups excluding carboxylic acids is 1. The van der Waals surface area contributed by atoms with E-state index < -0.39 is 5.97 Å². The van der Waals surface area contributed by atoms with E-state index in [1.165, 1.54) is 18.0 Å². The van der Waals surface area contributed by atoms with Gasteiger partial charge < -0.3 is 15.3 Å². The number of nitrogens with two attached hydrogens (primary N) is 1. The van der Waals surface area contributed by atoms with Gasteiger partial charge in [-0.25, -0.2) is 4.79 Å². The zero-order valence-electron chi connectivity index (χ0n) is 12.4. The zero-order chi connectivity index (χ0) is 17.0. The highest BCUT2D eigenvalue weighted by molar-refractivity contribution is 6.31. The van der Waals surface area contributed by atoms with Crippen LogP contribution in [-0.2, 0) is 16.2 Å². The fraction of sp³-hybridized carbons (Fsp3) is 0.214. The van der Waals surface area contributed by atoms with Crippen molar-refractivity contribution in [1.29, 1.82) is 0 Å². The number of nitrogens with zero attached hydrogens (tertiary/aromatic N) is 3. The first-order chi connectivity index (χ1) is 10.9. The lowest BCUT2D eigenvalue weighted by molar-refractivity contribution is -0.144. The third kappa shape index (κ3) is 4.14. The van der Waals surface area contributed by atoms with Crippen LogP contribution in [0.1, 0.15) is 11.3 Å². The largest absolute Gasteiger partial charge is 0.496 e. The van der Waals surface area contributed by atoms with Crippen LogP contribution >= 0.6 is 23.2 Å². The molecular formula is C14H14Cl2N4O3. The summed E-state index contributed by atoms with van der Waals surface area (Å²) in [7, 11) is 1.48. The topological polar surface area (TPSA) is 91.7 Å². The van der Waals surface area contributed by atoms with Gasteiger partial charge in [-0.3, -0.25) is 4.68 Å². The van der Waals surface area contributed by atoms with E-state index in [1.807, 2.05) is 0 Å². The van der Waals surface area contributed by atoms with Crippen LogP contribution in [0.4, 0.5) is 0 Å². The molecule has 0 aliphatic carbocycles. The molecule has 0 spiro atoms. The predicted octanol–water partition coefficient (Wildman–Crippen LogP) is 2.37. The van der Waals surface area contributed by atoms with Crippen LogP contribution in [0.25, 0.3) is 0 Å². The van der Waals surface area contributed by atoms with Gasteiger partial charge in [-0.05, 0) is 25.1 Å². The molecule has 23 heavy (non-hydrogen) atoms. The number of aromatic nitrogens is 2. The Bertz CT molecular complexity index is 758. The molecule has 0 saturated carbocycles. The molecule has 0 bridgehead atoms. The molecule has 0 atom stereocenters. The molecule has 7 nitrogen and oxygen atoms in total. The summed E-state index contributed by atoms with van der Waals surface area (Å²) in [6.07, 6.45) is 1.44. The highest BCUT2D eigenvalue weighted by Crippen LogP contribution is 2.22. The van der Waals surface area contributed by atoms with Gasteiger partial charge >= 0.3 is 5.97 Å². The average molecular weight is 357 g/mol. The lowest BCUT2D eigenvalue weighted by Crippen LogP contribution is -2.18. The van der Waals surface area contributed by atoms with Gasteiger partial charge in [0.15, 0.2) is 5.84 Å². The molecule has 0 unspecified atom stereocenters. The third-order valence-corrected chi connectivity index (χ3v) is 3.61. The molecule has 0 aliphatic heterocycles. The fourth-order valence-electron chi connectivity index (χ4n) is 1.76. The van der Waals surface area contributed by atoms with Crippen LogP contribution in [0.2, 0.25) is 10.0 Å². The van der Waals surface area contributed by atoms with Crippen LogP contribution in [0.5, 0.6) is 5.75 Å². The maximum Gasteiger partial charge on any atom is 0.356 e. The summed E-state index contributed by atoms with van der Waals surface area (Å²) in [5.41, 5.74) is 6.88. The van der Waals surface area contributed by atoms with E-state index >= 15 is 0 Å². The molecular weight excluding hydrogens is 343 g/mol. The Morgan fingerprint density at radius 2 is 2.17 bits per heavy atom. The number of carbonyl (C=O) groups is 1. The zero-order valence-corrected chi connectivity index (χ0v) is 13.9. The Balaban J connectivity index is 2.09. The number of halogens is 2. The second-order valence-corrected chi connectivity index (χ2v) is 5.36. The molecule has 122 valence electrons. The normalized spacial score (nSPS) is 11.4. The Morgan fingerprint density at radius 3 is 2.78 bits per heavy atom. The molecule has 1 heterocycles. The standard InChI is InChI=1S/C14H14Cl2N4O3/c1-8-11(16)6-18-20(8)7-13(21)23-19-14(17)10-5-9(15)3-4-12(10)22-2/h3-6H,7H2,1-2H3,(H2,17,19). The molecule has 0 fully saturated rings. The van der Waals surface area contributed by atoms with Crippen molar-refractivity contribution in [3.63, 3.8) is 0 Å². The van der Waals surface area contributed by atoms with Gasteiger partial charge in [0.25, 0.3) is 0 Å². The Labute approximate surface area is 142 Å². The number of ether oxygens (including phenoxy) is 1. The van der Waals surface area contributed by atoms with Gasteiger partial charge in [-0.2, -0.15) is 5.10 Å². The van der Waals surface area contributed by atoms with Crippen LogP contribution in [0.3, 0.4) is 0 Å². The first-order valence-corrected chi connectivity index (χ1v) is 7.23. The van der Waals surface area contributed by atoms with Crippen LogP contribution in [-0.4, -0.2) is 28.7 Å². The Kier molecular flexibility index (Phi) is 5.46. The van der Waals surface area contributed by atoms with Gasteiger partial charge in [0.05, 0.1) is 29.6 Å². The second kappa shape index (κ2) is 7.34. The summed E-state index contributed by atoms with van der Waals surface area (Å²) in [5, 5.41) is 8.47.